The van der Waals surface area contributed by atoms with Crippen LogP contribution in [0.15, 0.2) is 36.7 Å². The molecular weight excluding hydrogens is 428 g/mol. The fraction of sp³-hybridized carbons (Fsp3) is 0.333. The van der Waals surface area contributed by atoms with Gasteiger partial charge in [-0.15, -0.1) is 0 Å². The SMILES string of the molecule is CNc1nc(-c2ccc(N3CCN(C(=O)CC(F)(F)F)CC3)c(F)c2)cc2nccnc12. The van der Waals surface area contributed by atoms with Crippen LogP contribution in [-0.2, 0) is 4.79 Å². The molecule has 0 bridgehead atoms. The molecule has 1 fully saturated rings. The average molecular weight is 448 g/mol. The minimum absolute atomic E-state index is 0.104. The number of carbonyl (C=O) groups excluding carboxylic acids is 1. The molecule has 1 amide bonds. The van der Waals surface area contributed by atoms with E-state index in [1.54, 1.807) is 42.5 Å². The molecule has 3 aromatic rings. The third-order valence-electron chi connectivity index (χ3n) is 5.26. The van der Waals surface area contributed by atoms with Gasteiger partial charge in [0, 0.05) is 51.2 Å². The monoisotopic (exact) mass is 448 g/mol. The maximum atomic E-state index is 15.0. The fourth-order valence-corrected chi connectivity index (χ4v) is 3.70. The van der Waals surface area contributed by atoms with Crippen molar-refractivity contribution in [3.8, 4) is 11.3 Å². The summed E-state index contributed by atoms with van der Waals surface area (Å²) in [5.74, 6) is -0.918. The van der Waals surface area contributed by atoms with E-state index in [1.165, 1.54) is 6.07 Å². The van der Waals surface area contributed by atoms with Gasteiger partial charge in [-0.2, -0.15) is 13.2 Å². The van der Waals surface area contributed by atoms with E-state index < -0.39 is 24.3 Å². The van der Waals surface area contributed by atoms with Gasteiger partial charge in [-0.1, -0.05) is 6.07 Å². The zero-order valence-electron chi connectivity index (χ0n) is 17.2. The Morgan fingerprint density at radius 3 is 2.47 bits per heavy atom. The zero-order chi connectivity index (χ0) is 22.9. The molecule has 0 saturated carbocycles. The van der Waals surface area contributed by atoms with Gasteiger partial charge in [0.1, 0.15) is 17.8 Å². The Morgan fingerprint density at radius 2 is 1.81 bits per heavy atom. The first-order valence-corrected chi connectivity index (χ1v) is 9.94. The molecule has 0 atom stereocenters. The number of nitrogens with one attached hydrogen (secondary N) is 1. The molecule has 0 spiro atoms. The molecule has 32 heavy (non-hydrogen) atoms. The molecule has 7 nitrogen and oxygen atoms in total. The molecule has 1 aromatic carbocycles. The van der Waals surface area contributed by atoms with E-state index in [2.05, 4.69) is 20.3 Å². The smallest absolute Gasteiger partial charge is 0.371 e. The predicted molar refractivity (Wildman–Crippen MR) is 112 cm³/mol. The number of carbonyl (C=O) groups is 1. The molecule has 0 unspecified atom stereocenters. The number of aromatic nitrogens is 3. The van der Waals surface area contributed by atoms with Crippen LogP contribution in [-0.4, -0.2) is 65.2 Å². The molecule has 168 valence electrons. The Bertz CT molecular complexity index is 1140. The summed E-state index contributed by atoms with van der Waals surface area (Å²) in [7, 11) is 1.71. The second-order valence-corrected chi connectivity index (χ2v) is 7.36. The number of alkyl halides is 3. The normalized spacial score (nSPS) is 14.7. The Kier molecular flexibility index (Phi) is 5.81. The minimum Gasteiger partial charge on any atom is -0.371 e. The molecular formula is C21H20F4N6O. The van der Waals surface area contributed by atoms with E-state index in [0.29, 0.717) is 33.8 Å². The third kappa shape index (κ3) is 4.56. The van der Waals surface area contributed by atoms with Crippen LogP contribution in [0.25, 0.3) is 22.3 Å². The van der Waals surface area contributed by atoms with Crippen molar-refractivity contribution in [2.24, 2.45) is 0 Å². The van der Waals surface area contributed by atoms with Gasteiger partial charge in [-0.3, -0.25) is 9.78 Å². The number of pyridine rings is 1. The highest BCUT2D eigenvalue weighted by Gasteiger charge is 2.34. The summed E-state index contributed by atoms with van der Waals surface area (Å²) in [5.41, 5.74) is 2.62. The van der Waals surface area contributed by atoms with Crippen molar-refractivity contribution in [1.29, 1.82) is 0 Å². The largest absolute Gasteiger partial charge is 0.397 e. The second kappa shape index (κ2) is 8.56. The van der Waals surface area contributed by atoms with Crippen molar-refractivity contribution in [1.82, 2.24) is 19.9 Å². The quantitative estimate of drug-likeness (QED) is 0.617. The van der Waals surface area contributed by atoms with Gasteiger partial charge in [0.25, 0.3) is 0 Å². The van der Waals surface area contributed by atoms with Gasteiger partial charge in [0.2, 0.25) is 5.91 Å². The van der Waals surface area contributed by atoms with E-state index in [4.69, 9.17) is 0 Å². The van der Waals surface area contributed by atoms with E-state index in [9.17, 15) is 22.4 Å². The van der Waals surface area contributed by atoms with E-state index >= 15 is 0 Å². The highest BCUT2D eigenvalue weighted by Crippen LogP contribution is 2.30. The minimum atomic E-state index is -4.54. The first kappa shape index (κ1) is 21.7. The van der Waals surface area contributed by atoms with Crippen LogP contribution in [0.3, 0.4) is 0 Å². The molecule has 1 aliphatic heterocycles. The lowest BCUT2D eigenvalue weighted by Gasteiger charge is -2.36. The molecule has 1 N–H and O–H groups in total. The van der Waals surface area contributed by atoms with Crippen molar-refractivity contribution < 1.29 is 22.4 Å². The Labute approximate surface area is 181 Å². The number of hydrogen-bond acceptors (Lipinski definition) is 6. The number of benzene rings is 1. The summed E-state index contributed by atoms with van der Waals surface area (Å²) in [6.07, 6.45) is -2.89. The van der Waals surface area contributed by atoms with Crippen molar-refractivity contribution in [2.45, 2.75) is 12.6 Å². The number of halogens is 4. The summed E-state index contributed by atoms with van der Waals surface area (Å²) < 4.78 is 52.3. The summed E-state index contributed by atoms with van der Waals surface area (Å²) >= 11 is 0. The molecule has 0 aliphatic carbocycles. The maximum Gasteiger partial charge on any atom is 0.397 e. The van der Waals surface area contributed by atoms with Gasteiger partial charge < -0.3 is 15.1 Å². The molecule has 3 heterocycles. The number of hydrogen-bond donors (Lipinski definition) is 1. The van der Waals surface area contributed by atoms with Crippen LogP contribution >= 0.6 is 0 Å². The van der Waals surface area contributed by atoms with Gasteiger partial charge in [-0.25, -0.2) is 14.4 Å². The summed E-state index contributed by atoms with van der Waals surface area (Å²) in [6.45, 7) is 0.695. The number of amides is 1. The topological polar surface area (TPSA) is 74.2 Å². The van der Waals surface area contributed by atoms with Crippen molar-refractivity contribution in [2.75, 3.05) is 43.4 Å². The summed E-state index contributed by atoms with van der Waals surface area (Å²) in [5, 5.41) is 2.97. The van der Waals surface area contributed by atoms with Gasteiger partial charge in [-0.05, 0) is 18.2 Å². The average Bonchev–Trinajstić information content (AvgIpc) is 2.77. The van der Waals surface area contributed by atoms with Crippen LogP contribution in [0.5, 0.6) is 0 Å². The molecule has 11 heteroatoms. The number of anilines is 2. The highest BCUT2D eigenvalue weighted by molar-refractivity contribution is 5.88. The summed E-state index contributed by atoms with van der Waals surface area (Å²) in [6, 6.07) is 6.42. The van der Waals surface area contributed by atoms with Crippen molar-refractivity contribution in [3.63, 3.8) is 0 Å². The lowest BCUT2D eigenvalue weighted by Crippen LogP contribution is -2.49. The maximum absolute atomic E-state index is 15.0. The number of rotatable bonds is 4. The van der Waals surface area contributed by atoms with Crippen LogP contribution in [0.2, 0.25) is 0 Å². The van der Waals surface area contributed by atoms with Gasteiger partial charge >= 0.3 is 6.18 Å². The Hall–Kier alpha value is -3.50. The van der Waals surface area contributed by atoms with E-state index in [0.717, 1.165) is 4.90 Å². The predicted octanol–water partition coefficient (Wildman–Crippen LogP) is 3.47. The van der Waals surface area contributed by atoms with Gasteiger partial charge in [0.15, 0.2) is 5.82 Å². The zero-order valence-corrected chi connectivity index (χ0v) is 17.2. The fourth-order valence-electron chi connectivity index (χ4n) is 3.70. The first-order chi connectivity index (χ1) is 15.2. The highest BCUT2D eigenvalue weighted by atomic mass is 19.4. The number of fused-ring (bicyclic) bond motifs is 1. The Morgan fingerprint density at radius 1 is 1.09 bits per heavy atom. The van der Waals surface area contributed by atoms with Gasteiger partial charge in [0.05, 0.1) is 16.9 Å². The number of nitrogens with zero attached hydrogens (tertiary/aromatic N) is 5. The van der Waals surface area contributed by atoms with Crippen LogP contribution in [0.4, 0.5) is 29.1 Å². The molecule has 1 saturated heterocycles. The molecule has 4 rings (SSSR count). The third-order valence-corrected chi connectivity index (χ3v) is 5.26. The van der Waals surface area contributed by atoms with E-state index in [1.807, 2.05) is 0 Å². The van der Waals surface area contributed by atoms with Crippen LogP contribution < -0.4 is 10.2 Å². The molecule has 2 aromatic heterocycles. The van der Waals surface area contributed by atoms with Crippen LogP contribution in [0.1, 0.15) is 6.42 Å². The van der Waals surface area contributed by atoms with Crippen LogP contribution in [0, 0.1) is 5.82 Å². The summed E-state index contributed by atoms with van der Waals surface area (Å²) in [4.78, 5) is 27.7. The standard InChI is InChI=1S/C21H20F4N6O/c1-26-20-19-16(27-4-5-28-19)11-15(29-20)13-2-3-17(14(22)10-13)30-6-8-31(9-7-30)18(32)12-21(23,24)25/h2-5,10-11H,6-9,12H2,1H3,(H,26,29). The van der Waals surface area contributed by atoms with Crippen molar-refractivity contribution in [3.05, 3.63) is 42.5 Å². The molecule has 0 radical (unpaired) electrons. The lowest BCUT2D eigenvalue weighted by molar-refractivity contribution is -0.161. The Balaban J connectivity index is 1.51. The lowest BCUT2D eigenvalue weighted by atomic mass is 10.1. The van der Waals surface area contributed by atoms with Crippen molar-refractivity contribution >= 4 is 28.4 Å². The second-order valence-electron chi connectivity index (χ2n) is 7.36. The molecule has 1 aliphatic rings. The first-order valence-electron chi connectivity index (χ1n) is 9.94. The number of piperazine rings is 1. The van der Waals surface area contributed by atoms with E-state index in [-0.39, 0.29) is 26.2 Å².